The van der Waals surface area contributed by atoms with Gasteiger partial charge in [0, 0.05) is 11.4 Å². The Hall–Kier alpha value is -2.35. The number of rotatable bonds is 7. The van der Waals surface area contributed by atoms with Crippen LogP contribution in [0.25, 0.3) is 5.69 Å². The van der Waals surface area contributed by atoms with Crippen molar-refractivity contribution in [3.05, 3.63) is 82.1 Å². The van der Waals surface area contributed by atoms with Crippen LogP contribution in [-0.2, 0) is 12.6 Å². The van der Waals surface area contributed by atoms with E-state index in [1.54, 1.807) is 11.8 Å². The molecule has 0 spiro atoms. The first-order valence-electron chi connectivity index (χ1n) is 14.0. The Balaban J connectivity index is 0.000000247. The van der Waals surface area contributed by atoms with Gasteiger partial charge in [-0.15, -0.1) is 11.8 Å². The number of aromatic nitrogens is 2. The Labute approximate surface area is 240 Å². The Kier molecular flexibility index (Phi) is 13.2. The van der Waals surface area contributed by atoms with Crippen molar-refractivity contribution in [2.75, 3.05) is 0 Å². The number of hydrogen-bond donors (Lipinski definition) is 0. The van der Waals surface area contributed by atoms with Crippen LogP contribution in [0, 0.1) is 11.8 Å². The maximum absolute atomic E-state index is 12.7. The summed E-state index contributed by atoms with van der Waals surface area (Å²) in [4.78, 5) is 1.58. The lowest BCUT2D eigenvalue weighted by atomic mass is 9.80. The van der Waals surface area contributed by atoms with Crippen molar-refractivity contribution in [3.63, 3.8) is 0 Å². The van der Waals surface area contributed by atoms with Crippen LogP contribution >= 0.6 is 11.8 Å². The van der Waals surface area contributed by atoms with Crippen molar-refractivity contribution < 1.29 is 22.0 Å². The van der Waals surface area contributed by atoms with Crippen LogP contribution in [0.1, 0.15) is 96.9 Å². The molecule has 2 unspecified atom stereocenters. The summed E-state index contributed by atoms with van der Waals surface area (Å²) in [6, 6.07) is 4.18. The number of thioether (sulfide) groups is 1. The summed E-state index contributed by atoms with van der Waals surface area (Å²) in [5.41, 5.74) is 2.44. The highest BCUT2D eigenvalue weighted by Gasteiger charge is 2.32. The zero-order valence-corrected chi connectivity index (χ0v) is 25.3. The van der Waals surface area contributed by atoms with E-state index in [0.29, 0.717) is 17.7 Å². The second-order valence-corrected chi connectivity index (χ2v) is 12.2. The van der Waals surface area contributed by atoms with Gasteiger partial charge in [0.15, 0.2) is 0 Å². The fourth-order valence-electron chi connectivity index (χ4n) is 4.00. The van der Waals surface area contributed by atoms with Gasteiger partial charge in [-0.3, -0.25) is 0 Å². The zero-order chi connectivity index (χ0) is 30.0. The highest BCUT2D eigenvalue weighted by molar-refractivity contribution is 8.03. The van der Waals surface area contributed by atoms with Crippen LogP contribution in [0.4, 0.5) is 22.0 Å². The number of benzene rings is 1. The zero-order valence-electron chi connectivity index (χ0n) is 24.5. The molecule has 1 saturated carbocycles. The normalized spacial score (nSPS) is 18.6. The molecule has 1 aromatic carbocycles. The molecule has 2 nitrogen and oxygen atoms in total. The highest BCUT2D eigenvalue weighted by Crippen LogP contribution is 2.45. The summed E-state index contributed by atoms with van der Waals surface area (Å²) in [5, 5.41) is 4.55. The van der Waals surface area contributed by atoms with E-state index >= 15 is 0 Å². The molecule has 0 saturated heterocycles. The molecule has 0 N–H and O–H groups in total. The third kappa shape index (κ3) is 10.2. The molecule has 2 aliphatic carbocycles. The van der Waals surface area contributed by atoms with Crippen molar-refractivity contribution in [3.8, 4) is 5.69 Å². The number of aryl methyl sites for hydroxylation is 1. The minimum Gasteiger partial charge on any atom is -0.240 e. The van der Waals surface area contributed by atoms with E-state index in [0.717, 1.165) is 29.2 Å². The Morgan fingerprint density at radius 1 is 1.07 bits per heavy atom. The number of hydrogen-bond acceptors (Lipinski definition) is 2. The van der Waals surface area contributed by atoms with Gasteiger partial charge in [-0.25, -0.2) is 13.5 Å². The maximum atomic E-state index is 12.7. The van der Waals surface area contributed by atoms with Crippen molar-refractivity contribution in [2.45, 2.75) is 97.9 Å². The predicted octanol–water partition coefficient (Wildman–Crippen LogP) is 11.1. The van der Waals surface area contributed by atoms with E-state index in [9.17, 15) is 22.0 Å². The van der Waals surface area contributed by atoms with Crippen LogP contribution in [-0.4, -0.2) is 15.0 Å². The third-order valence-corrected chi connectivity index (χ3v) is 8.66. The molecule has 2 aromatic rings. The molecule has 222 valence electrons. The van der Waals surface area contributed by atoms with E-state index in [-0.39, 0.29) is 5.69 Å². The Morgan fingerprint density at radius 2 is 1.70 bits per heavy atom. The van der Waals surface area contributed by atoms with E-state index < -0.39 is 18.2 Å². The van der Waals surface area contributed by atoms with Gasteiger partial charge in [0.2, 0.25) is 0 Å². The van der Waals surface area contributed by atoms with Gasteiger partial charge < -0.3 is 0 Å². The molecule has 4 rings (SSSR count). The highest BCUT2D eigenvalue weighted by atomic mass is 32.2. The molecule has 0 radical (unpaired) electrons. The minimum atomic E-state index is -4.43. The largest absolute Gasteiger partial charge is 0.416 e. The molecule has 8 heteroatoms. The first-order chi connectivity index (χ1) is 18.8. The van der Waals surface area contributed by atoms with Gasteiger partial charge in [-0.05, 0) is 92.5 Å². The smallest absolute Gasteiger partial charge is 0.240 e. The molecule has 0 aliphatic heterocycles. The number of allylic oxidation sites excluding steroid dienone is 5. The van der Waals surface area contributed by atoms with E-state index in [4.69, 9.17) is 0 Å². The first kappa shape index (κ1) is 33.9. The van der Waals surface area contributed by atoms with Gasteiger partial charge in [0.25, 0.3) is 6.43 Å². The predicted molar refractivity (Wildman–Crippen MR) is 158 cm³/mol. The summed E-state index contributed by atoms with van der Waals surface area (Å²) < 4.78 is 63.9. The lowest BCUT2D eigenvalue weighted by Gasteiger charge is -2.37. The molecular weight excluding hydrogens is 539 g/mol. The molecule has 2 aliphatic rings. The average Bonchev–Trinajstić information content (AvgIpc) is 3.33. The molecular formula is C32H43F5N2S. The second-order valence-electron chi connectivity index (χ2n) is 10.8. The third-order valence-electron chi connectivity index (χ3n) is 7.15. The lowest BCUT2D eigenvalue weighted by molar-refractivity contribution is -0.137. The molecule has 0 bridgehead atoms. The fourth-order valence-corrected chi connectivity index (χ4v) is 5.55. The van der Waals surface area contributed by atoms with Crippen molar-refractivity contribution in [1.82, 2.24) is 9.78 Å². The van der Waals surface area contributed by atoms with Gasteiger partial charge in [-0.1, -0.05) is 64.0 Å². The molecule has 1 heterocycles. The second kappa shape index (κ2) is 15.6. The van der Waals surface area contributed by atoms with E-state index in [1.807, 2.05) is 0 Å². The lowest BCUT2D eigenvalue weighted by Crippen LogP contribution is -2.29. The van der Waals surface area contributed by atoms with Crippen molar-refractivity contribution >= 4 is 11.8 Å². The molecule has 40 heavy (non-hydrogen) atoms. The first-order valence-corrected chi connectivity index (χ1v) is 14.9. The summed E-state index contributed by atoms with van der Waals surface area (Å²) in [5.74, 6) is 1.66. The van der Waals surface area contributed by atoms with E-state index in [1.165, 1.54) is 66.3 Å². The van der Waals surface area contributed by atoms with Crippen LogP contribution in [0.3, 0.4) is 0 Å². The van der Waals surface area contributed by atoms with Gasteiger partial charge in [0.1, 0.15) is 5.69 Å². The summed E-state index contributed by atoms with van der Waals surface area (Å²) >= 11 is 2.10. The number of alkyl halides is 5. The van der Waals surface area contributed by atoms with E-state index in [2.05, 4.69) is 70.2 Å². The molecule has 2 atom stereocenters. The van der Waals surface area contributed by atoms with Crippen LogP contribution in [0.2, 0.25) is 0 Å². The van der Waals surface area contributed by atoms with Crippen LogP contribution in [0.5, 0.6) is 0 Å². The monoisotopic (exact) mass is 582 g/mol. The van der Waals surface area contributed by atoms with Crippen LogP contribution < -0.4 is 0 Å². The SMILES string of the molecule is C=C(C)C1CCC1SC1=CC=C(C)CC1.CCC(C)C.CCc1cn(-c2ccc(C(F)(F)F)cc2)nc1C(F)F. The minimum absolute atomic E-state index is 0.305. The van der Waals surface area contributed by atoms with Crippen molar-refractivity contribution in [1.29, 1.82) is 0 Å². The van der Waals surface area contributed by atoms with Crippen LogP contribution in [0.15, 0.2) is 65.2 Å². The summed E-state index contributed by atoms with van der Waals surface area (Å²) in [7, 11) is 0. The molecule has 1 aromatic heterocycles. The summed E-state index contributed by atoms with van der Waals surface area (Å²) in [6.07, 6.45) is 5.79. The average molecular weight is 583 g/mol. The Morgan fingerprint density at radius 3 is 2.08 bits per heavy atom. The van der Waals surface area contributed by atoms with Crippen molar-refractivity contribution in [2.24, 2.45) is 11.8 Å². The quantitative estimate of drug-likeness (QED) is 0.239. The number of nitrogens with zero attached hydrogens (tertiary/aromatic N) is 2. The Bertz CT molecular complexity index is 1140. The topological polar surface area (TPSA) is 17.8 Å². The van der Waals surface area contributed by atoms with Gasteiger partial charge in [-0.2, -0.15) is 18.3 Å². The summed E-state index contributed by atoms with van der Waals surface area (Å²) in [6.45, 7) is 16.8. The number of halogens is 5. The molecule has 1 fully saturated rings. The van der Waals surface area contributed by atoms with Gasteiger partial charge >= 0.3 is 6.18 Å². The molecule has 0 amide bonds. The standard InChI is InChI=1S/C14H20S.C13H11F5N2.C5H12/c1-10(2)13-8-9-14(13)15-12-6-4-11(3)5-7-12;1-2-8-7-20(19-11(8)12(14)15)10-5-3-9(4-6-10)13(16,17)18;1-4-5(2)3/h4,6,13-14H,1,5,7-9H2,2-3H3;3-7,12H,2H2,1H3;5H,4H2,1-3H3. The fraction of sp³-hybridized carbons (Fsp3) is 0.531. The maximum Gasteiger partial charge on any atom is 0.416 e. The van der Waals surface area contributed by atoms with Gasteiger partial charge in [0.05, 0.1) is 11.3 Å².